The number of ether oxygens (including phenoxy) is 1. The molecule has 26 heavy (non-hydrogen) atoms. The number of Topliss-reactive ketones (excluding diaryl/α,β-unsaturated/α-hetero) is 1. The molecule has 0 aromatic carbocycles. The van der Waals surface area contributed by atoms with E-state index in [-0.39, 0.29) is 37.2 Å². The van der Waals surface area contributed by atoms with Crippen molar-refractivity contribution >= 4 is 23.8 Å². The molecule has 0 aromatic heterocycles. The highest BCUT2D eigenvalue weighted by atomic mass is 16.6. The van der Waals surface area contributed by atoms with E-state index in [1.54, 1.807) is 0 Å². The van der Waals surface area contributed by atoms with E-state index in [9.17, 15) is 14.4 Å². The summed E-state index contributed by atoms with van der Waals surface area (Å²) in [6, 6.07) is 0. The largest absolute Gasteiger partial charge is 0.381 e. The van der Waals surface area contributed by atoms with Crippen LogP contribution in [0.15, 0.2) is 5.16 Å². The number of ketones is 1. The maximum absolute atomic E-state index is 11.6. The van der Waals surface area contributed by atoms with Crippen LogP contribution in [-0.2, 0) is 24.0 Å². The van der Waals surface area contributed by atoms with Gasteiger partial charge in [-0.25, -0.2) is 0 Å². The van der Waals surface area contributed by atoms with E-state index in [0.29, 0.717) is 12.5 Å². The Morgan fingerprint density at radius 3 is 2.42 bits per heavy atom. The van der Waals surface area contributed by atoms with Gasteiger partial charge in [-0.15, -0.1) is 0 Å². The first kappa shape index (κ1) is 24.0. The van der Waals surface area contributed by atoms with E-state index in [1.807, 2.05) is 0 Å². The van der Waals surface area contributed by atoms with Gasteiger partial charge in [-0.1, -0.05) is 25.4 Å². The summed E-state index contributed by atoms with van der Waals surface area (Å²) in [7, 11) is 0. The number of carbonyl (C=O) groups is 3. The number of carbonyl (C=O) groups excluding carboxylic acids is 3. The molecular formula is C18H33N3O5. The molecule has 0 bridgehead atoms. The second-order valence-electron chi connectivity index (χ2n) is 6.22. The van der Waals surface area contributed by atoms with Gasteiger partial charge in [-0.3, -0.25) is 14.4 Å². The van der Waals surface area contributed by atoms with Crippen molar-refractivity contribution in [3.05, 3.63) is 0 Å². The second-order valence-corrected chi connectivity index (χ2v) is 6.22. The van der Waals surface area contributed by atoms with Crippen molar-refractivity contribution in [2.75, 3.05) is 26.5 Å². The van der Waals surface area contributed by atoms with Crippen molar-refractivity contribution < 1.29 is 24.0 Å². The summed E-state index contributed by atoms with van der Waals surface area (Å²) in [4.78, 5) is 38.3. The Balaban J connectivity index is 3.45. The molecule has 1 unspecified atom stereocenters. The van der Waals surface area contributed by atoms with Crippen molar-refractivity contribution in [1.29, 1.82) is 0 Å². The molecule has 0 aliphatic rings. The highest BCUT2D eigenvalue weighted by Crippen LogP contribution is 2.02. The maximum atomic E-state index is 11.6. The fourth-order valence-corrected chi connectivity index (χ4v) is 1.80. The van der Waals surface area contributed by atoms with Crippen LogP contribution in [0.1, 0.15) is 59.3 Å². The molecule has 0 saturated heterocycles. The Hall–Kier alpha value is -1.96. The Morgan fingerprint density at radius 2 is 1.77 bits per heavy atom. The zero-order valence-electron chi connectivity index (χ0n) is 16.2. The molecule has 0 spiro atoms. The van der Waals surface area contributed by atoms with Crippen LogP contribution >= 0.6 is 0 Å². The molecule has 0 saturated carbocycles. The summed E-state index contributed by atoms with van der Waals surface area (Å²) in [5.41, 5.74) is 0. The zero-order chi connectivity index (χ0) is 19.6. The van der Waals surface area contributed by atoms with Gasteiger partial charge in [0.1, 0.15) is 6.21 Å². The van der Waals surface area contributed by atoms with Crippen molar-refractivity contribution in [3.8, 4) is 0 Å². The van der Waals surface area contributed by atoms with Crippen molar-refractivity contribution in [3.63, 3.8) is 0 Å². The van der Waals surface area contributed by atoms with Gasteiger partial charge < -0.3 is 20.2 Å². The third kappa shape index (κ3) is 16.9. The van der Waals surface area contributed by atoms with Gasteiger partial charge in [-0.2, -0.15) is 0 Å². The van der Waals surface area contributed by atoms with E-state index in [2.05, 4.69) is 34.5 Å². The number of nitrogens with zero attached hydrogens (tertiary/aromatic N) is 1. The predicted octanol–water partition coefficient (Wildman–Crippen LogP) is 1.78. The zero-order valence-corrected chi connectivity index (χ0v) is 16.2. The standard InChI is InChI=1S/C18H33N3O5/c1-4-15(2)13-25-11-7-5-6-10-19-17(23)8-9-18(24)20-14-26-21-12-16(3)22/h12,15H,4-11,13-14H2,1-3H3,(H,19,23)(H,20,24)/b21-12+. The molecule has 0 fully saturated rings. The van der Waals surface area contributed by atoms with Crippen molar-refractivity contribution in [2.45, 2.75) is 59.3 Å². The lowest BCUT2D eigenvalue weighted by Crippen LogP contribution is -2.29. The van der Waals surface area contributed by atoms with Crippen LogP contribution in [0, 0.1) is 5.92 Å². The minimum atomic E-state index is -0.309. The van der Waals surface area contributed by atoms with Crippen LogP contribution in [0.3, 0.4) is 0 Å². The number of nitrogens with one attached hydrogen (secondary N) is 2. The third-order valence-electron chi connectivity index (χ3n) is 3.61. The van der Waals surface area contributed by atoms with E-state index in [4.69, 9.17) is 4.74 Å². The summed E-state index contributed by atoms with van der Waals surface area (Å²) in [6.45, 7) is 7.70. The smallest absolute Gasteiger partial charge is 0.223 e. The molecule has 2 N–H and O–H groups in total. The van der Waals surface area contributed by atoms with Crippen LogP contribution in [0.4, 0.5) is 0 Å². The Morgan fingerprint density at radius 1 is 1.08 bits per heavy atom. The first-order chi connectivity index (χ1) is 12.5. The number of hydrogen-bond acceptors (Lipinski definition) is 6. The quantitative estimate of drug-likeness (QED) is 0.186. The molecular weight excluding hydrogens is 338 g/mol. The molecule has 0 aliphatic carbocycles. The van der Waals surface area contributed by atoms with Gasteiger partial charge in [-0.05, 0) is 25.2 Å². The minimum Gasteiger partial charge on any atom is -0.381 e. The first-order valence-electron chi connectivity index (χ1n) is 9.22. The van der Waals surface area contributed by atoms with E-state index < -0.39 is 0 Å². The van der Waals surface area contributed by atoms with Gasteiger partial charge in [0, 0.05) is 39.5 Å². The molecule has 8 heteroatoms. The van der Waals surface area contributed by atoms with Gasteiger partial charge in [0.15, 0.2) is 12.5 Å². The topological polar surface area (TPSA) is 106 Å². The molecule has 0 radical (unpaired) electrons. The van der Waals surface area contributed by atoms with Crippen LogP contribution in [0.25, 0.3) is 0 Å². The normalized spacial score (nSPS) is 12.0. The number of rotatable bonds is 16. The van der Waals surface area contributed by atoms with Gasteiger partial charge in [0.2, 0.25) is 11.8 Å². The molecule has 0 aromatic rings. The molecule has 0 rings (SSSR count). The first-order valence-corrected chi connectivity index (χ1v) is 9.22. The lowest BCUT2D eigenvalue weighted by atomic mass is 10.1. The molecule has 8 nitrogen and oxygen atoms in total. The van der Waals surface area contributed by atoms with Crippen molar-refractivity contribution in [2.24, 2.45) is 11.1 Å². The predicted molar refractivity (Wildman–Crippen MR) is 99.6 cm³/mol. The summed E-state index contributed by atoms with van der Waals surface area (Å²) >= 11 is 0. The Kier molecular flexibility index (Phi) is 15.3. The minimum absolute atomic E-state index is 0.0784. The summed E-state index contributed by atoms with van der Waals surface area (Å²) in [5.74, 6) is -0.0988. The molecule has 1 atom stereocenters. The average Bonchev–Trinajstić information content (AvgIpc) is 2.61. The van der Waals surface area contributed by atoms with Gasteiger partial charge in [0.25, 0.3) is 0 Å². The fraction of sp³-hybridized carbons (Fsp3) is 0.778. The number of amides is 2. The molecule has 150 valence electrons. The lowest BCUT2D eigenvalue weighted by Gasteiger charge is -2.09. The summed E-state index contributed by atoms with van der Waals surface area (Å²) in [5, 5.41) is 8.58. The maximum Gasteiger partial charge on any atom is 0.223 e. The van der Waals surface area contributed by atoms with E-state index in [1.165, 1.54) is 6.92 Å². The molecule has 2 amide bonds. The average molecular weight is 371 g/mol. The van der Waals surface area contributed by atoms with Crippen LogP contribution in [0.5, 0.6) is 0 Å². The van der Waals surface area contributed by atoms with Crippen LogP contribution < -0.4 is 10.6 Å². The Bertz CT molecular complexity index is 441. The summed E-state index contributed by atoms with van der Waals surface area (Å²) in [6.07, 6.45) is 5.23. The Labute approximate surface area is 156 Å². The lowest BCUT2D eigenvalue weighted by molar-refractivity contribution is -0.127. The number of oxime groups is 1. The number of unbranched alkanes of at least 4 members (excludes halogenated alkanes) is 2. The van der Waals surface area contributed by atoms with Crippen molar-refractivity contribution in [1.82, 2.24) is 10.6 Å². The monoisotopic (exact) mass is 371 g/mol. The fourth-order valence-electron chi connectivity index (χ4n) is 1.80. The van der Waals surface area contributed by atoms with Crippen LogP contribution in [-0.4, -0.2) is 50.3 Å². The highest BCUT2D eigenvalue weighted by molar-refractivity contribution is 6.26. The van der Waals surface area contributed by atoms with Gasteiger partial charge >= 0.3 is 0 Å². The summed E-state index contributed by atoms with van der Waals surface area (Å²) < 4.78 is 5.57. The van der Waals surface area contributed by atoms with Gasteiger partial charge in [0.05, 0.1) is 0 Å². The second kappa shape index (κ2) is 16.5. The SMILES string of the molecule is CCC(C)COCCCCCNC(=O)CCC(=O)NCO/N=C/C(C)=O. The molecule has 0 heterocycles. The van der Waals surface area contributed by atoms with E-state index in [0.717, 1.165) is 45.1 Å². The third-order valence-corrected chi connectivity index (χ3v) is 3.61. The van der Waals surface area contributed by atoms with E-state index >= 15 is 0 Å². The number of hydrogen-bond donors (Lipinski definition) is 2. The highest BCUT2D eigenvalue weighted by Gasteiger charge is 2.06. The van der Waals surface area contributed by atoms with Crippen LogP contribution in [0.2, 0.25) is 0 Å². The molecule has 0 aliphatic heterocycles.